The Balaban J connectivity index is -0.0000000211. The lowest BCUT2D eigenvalue weighted by atomic mass is 10.1. The summed E-state index contributed by atoms with van der Waals surface area (Å²) in [4.78, 5) is 0. The molecule has 0 radical (unpaired) electrons. The minimum absolute atomic E-state index is 0.870. The molecule has 0 heterocycles. The Morgan fingerprint density at radius 2 is 0.517 bits per heavy atom. The molecule has 0 saturated carbocycles. The van der Waals surface area contributed by atoms with Gasteiger partial charge in [-0.1, -0.05) is 51.9 Å². The van der Waals surface area contributed by atoms with Crippen LogP contribution in [0.25, 0.3) is 0 Å². The highest BCUT2D eigenvalue weighted by molar-refractivity contribution is 4.45. The standard InChI is InChI=1S/C10H23N.9C2H4/c1-2-3-4-5-6-7-8-9-10-11;9*1-2/h2-11H2,1H3;9*1-2H2. The molecule has 176 valence electrons. The second-order valence-electron chi connectivity index (χ2n) is 3.26. The van der Waals surface area contributed by atoms with E-state index >= 15 is 0 Å². The molecule has 29 heavy (non-hydrogen) atoms. The molecule has 0 saturated heterocycles. The highest BCUT2D eigenvalue weighted by Crippen LogP contribution is 2.07. The maximum absolute atomic E-state index is 5.39. The fourth-order valence-electron chi connectivity index (χ4n) is 1.28. The van der Waals surface area contributed by atoms with E-state index in [4.69, 9.17) is 5.73 Å². The van der Waals surface area contributed by atoms with E-state index in [0.717, 1.165) is 6.54 Å². The summed E-state index contributed by atoms with van der Waals surface area (Å²) in [5, 5.41) is 0. The summed E-state index contributed by atoms with van der Waals surface area (Å²) in [5.74, 6) is 0. The van der Waals surface area contributed by atoms with Crippen LogP contribution in [0.15, 0.2) is 118 Å². The molecular weight excluding hydrogens is 350 g/mol. The predicted molar refractivity (Wildman–Crippen MR) is 153 cm³/mol. The van der Waals surface area contributed by atoms with Gasteiger partial charge in [0.05, 0.1) is 0 Å². The zero-order valence-corrected chi connectivity index (χ0v) is 20.7. The van der Waals surface area contributed by atoms with Gasteiger partial charge in [-0.15, -0.1) is 118 Å². The van der Waals surface area contributed by atoms with Crippen molar-refractivity contribution in [2.75, 3.05) is 6.54 Å². The van der Waals surface area contributed by atoms with E-state index in [2.05, 4.69) is 125 Å². The van der Waals surface area contributed by atoms with Crippen molar-refractivity contribution in [3.63, 3.8) is 0 Å². The maximum Gasteiger partial charge on any atom is -0.00773 e. The molecule has 0 unspecified atom stereocenters. The van der Waals surface area contributed by atoms with Crippen molar-refractivity contribution in [2.24, 2.45) is 5.73 Å². The molecule has 0 aliphatic heterocycles. The third kappa shape index (κ3) is 453. The number of unbranched alkanes of at least 4 members (excludes halogenated alkanes) is 7. The van der Waals surface area contributed by atoms with Crippen molar-refractivity contribution in [2.45, 2.75) is 58.3 Å². The van der Waals surface area contributed by atoms with Crippen LogP contribution in [-0.2, 0) is 0 Å². The van der Waals surface area contributed by atoms with E-state index in [-0.39, 0.29) is 0 Å². The van der Waals surface area contributed by atoms with Gasteiger partial charge in [0.2, 0.25) is 0 Å². The summed E-state index contributed by atoms with van der Waals surface area (Å²) in [6.45, 7) is 57.1. The van der Waals surface area contributed by atoms with Crippen LogP contribution >= 0.6 is 0 Å². The molecule has 0 fully saturated rings. The summed E-state index contributed by atoms with van der Waals surface area (Å²) in [7, 11) is 0. The van der Waals surface area contributed by atoms with Crippen LogP contribution in [0.3, 0.4) is 0 Å². The first-order valence-electron chi connectivity index (χ1n) is 9.62. The minimum Gasteiger partial charge on any atom is -0.330 e. The predicted octanol–water partition coefficient (Wildman–Crippen LogP) is 10.3. The summed E-state index contributed by atoms with van der Waals surface area (Å²) in [6.07, 6.45) is 11.0. The highest BCUT2D eigenvalue weighted by Gasteiger charge is 1.89. The lowest BCUT2D eigenvalue weighted by Gasteiger charge is -1.99. The number of nitrogens with two attached hydrogens (primary N) is 1. The van der Waals surface area contributed by atoms with Crippen LogP contribution in [0.1, 0.15) is 58.3 Å². The average Bonchev–Trinajstić information content (AvgIpc) is 2.90. The smallest absolute Gasteiger partial charge is 0.00773 e. The summed E-state index contributed by atoms with van der Waals surface area (Å²) >= 11 is 0. The first kappa shape index (κ1) is 63.3. The Bertz CT molecular complexity index is 120. The fraction of sp³-hybridized carbons (Fsp3) is 0.357. The van der Waals surface area contributed by atoms with E-state index in [0.29, 0.717) is 0 Å². The highest BCUT2D eigenvalue weighted by atomic mass is 14.5. The Labute approximate surface area is 189 Å². The first-order chi connectivity index (χ1) is 14.4. The topological polar surface area (TPSA) is 26.0 Å². The Kier molecular flexibility index (Phi) is 773. The second-order valence-corrected chi connectivity index (χ2v) is 3.26. The van der Waals surface area contributed by atoms with Gasteiger partial charge in [0.25, 0.3) is 0 Å². The number of rotatable bonds is 8. The quantitative estimate of drug-likeness (QED) is 0.313. The molecule has 0 atom stereocenters. The van der Waals surface area contributed by atoms with Gasteiger partial charge in [-0.2, -0.15) is 0 Å². The van der Waals surface area contributed by atoms with Crippen molar-refractivity contribution in [1.29, 1.82) is 0 Å². The molecule has 0 aliphatic rings. The molecule has 0 rings (SSSR count). The molecule has 2 N–H and O–H groups in total. The van der Waals surface area contributed by atoms with Crippen LogP contribution in [0.4, 0.5) is 0 Å². The van der Waals surface area contributed by atoms with Crippen molar-refractivity contribution >= 4 is 0 Å². The molecule has 1 nitrogen and oxygen atoms in total. The van der Waals surface area contributed by atoms with Gasteiger partial charge in [-0.25, -0.2) is 0 Å². The van der Waals surface area contributed by atoms with E-state index in [1.54, 1.807) is 0 Å². The molecule has 0 spiro atoms. The summed E-state index contributed by atoms with van der Waals surface area (Å²) < 4.78 is 0. The van der Waals surface area contributed by atoms with Crippen LogP contribution < -0.4 is 5.73 Å². The van der Waals surface area contributed by atoms with Gasteiger partial charge in [-0.05, 0) is 13.0 Å². The van der Waals surface area contributed by atoms with Gasteiger partial charge in [-0.3, -0.25) is 0 Å². The van der Waals surface area contributed by atoms with Gasteiger partial charge < -0.3 is 5.73 Å². The average molecular weight is 410 g/mol. The minimum atomic E-state index is 0.870. The largest absolute Gasteiger partial charge is 0.330 e. The zero-order valence-electron chi connectivity index (χ0n) is 20.7. The van der Waals surface area contributed by atoms with Crippen molar-refractivity contribution in [3.05, 3.63) is 118 Å². The van der Waals surface area contributed by atoms with Crippen LogP contribution in [-0.4, -0.2) is 6.54 Å². The summed E-state index contributed by atoms with van der Waals surface area (Å²) in [5.41, 5.74) is 5.39. The van der Waals surface area contributed by atoms with E-state index < -0.39 is 0 Å². The molecule has 1 heteroatoms. The maximum atomic E-state index is 5.39. The zero-order chi connectivity index (χ0) is 26.4. The Morgan fingerprint density at radius 3 is 0.690 bits per heavy atom. The number of hydrogen-bond donors (Lipinski definition) is 1. The van der Waals surface area contributed by atoms with Gasteiger partial charge >= 0.3 is 0 Å². The van der Waals surface area contributed by atoms with Crippen molar-refractivity contribution in [1.82, 2.24) is 0 Å². The molecule has 0 aliphatic carbocycles. The Morgan fingerprint density at radius 1 is 0.345 bits per heavy atom. The molecule has 0 aromatic carbocycles. The number of hydrogen-bond acceptors (Lipinski definition) is 1. The second kappa shape index (κ2) is 354. The Hall–Kier alpha value is -2.38. The van der Waals surface area contributed by atoms with Crippen LogP contribution in [0.2, 0.25) is 0 Å². The fourth-order valence-corrected chi connectivity index (χ4v) is 1.28. The van der Waals surface area contributed by atoms with Gasteiger partial charge in [0.15, 0.2) is 0 Å². The van der Waals surface area contributed by atoms with Crippen LogP contribution in [0, 0.1) is 0 Å². The molecule has 0 aromatic heterocycles. The third-order valence-corrected chi connectivity index (χ3v) is 2.06. The van der Waals surface area contributed by atoms with Gasteiger partial charge in [0.1, 0.15) is 0 Å². The summed E-state index contributed by atoms with van der Waals surface area (Å²) in [6, 6.07) is 0. The molecule has 0 aromatic rings. The SMILES string of the molecule is C=C.C=C.C=C.C=C.C=C.C=C.C=C.C=C.C=C.CCCCCCCCCCN. The molecule has 0 bridgehead atoms. The molecule has 0 amide bonds. The lowest BCUT2D eigenvalue weighted by molar-refractivity contribution is 0.578. The first-order valence-corrected chi connectivity index (χ1v) is 9.62. The normalized spacial score (nSPS) is 5.17. The third-order valence-electron chi connectivity index (χ3n) is 2.06. The monoisotopic (exact) mass is 409 g/mol. The lowest BCUT2D eigenvalue weighted by Crippen LogP contribution is -1.97. The van der Waals surface area contributed by atoms with Crippen molar-refractivity contribution in [3.8, 4) is 0 Å². The van der Waals surface area contributed by atoms with Crippen LogP contribution in [0.5, 0.6) is 0 Å². The molecular formula is C28H59N. The van der Waals surface area contributed by atoms with Crippen molar-refractivity contribution < 1.29 is 0 Å². The van der Waals surface area contributed by atoms with E-state index in [1.165, 1.54) is 51.4 Å². The van der Waals surface area contributed by atoms with E-state index in [9.17, 15) is 0 Å². The van der Waals surface area contributed by atoms with E-state index in [1.807, 2.05) is 0 Å². The van der Waals surface area contributed by atoms with Gasteiger partial charge in [0, 0.05) is 0 Å².